The summed E-state index contributed by atoms with van der Waals surface area (Å²) in [6.45, 7) is 0. The van der Waals surface area contributed by atoms with Crippen molar-refractivity contribution in [2.45, 2.75) is 30.2 Å². The molecule has 134 valence electrons. The second kappa shape index (κ2) is 7.82. The van der Waals surface area contributed by atoms with E-state index in [0.717, 1.165) is 36.3 Å². The first-order valence-corrected chi connectivity index (χ1v) is 10.3. The molecule has 2 N–H and O–H groups in total. The van der Waals surface area contributed by atoms with Crippen molar-refractivity contribution >= 4 is 45.7 Å². The number of nitrogens with zero attached hydrogens (tertiary/aromatic N) is 2. The fourth-order valence-corrected chi connectivity index (χ4v) is 4.61. The van der Waals surface area contributed by atoms with E-state index in [1.54, 1.807) is 12.3 Å². The Labute approximate surface area is 164 Å². The third-order valence-corrected chi connectivity index (χ3v) is 6.25. The topological polar surface area (TPSA) is 49.8 Å². The summed E-state index contributed by atoms with van der Waals surface area (Å²) in [5, 5.41) is 6.46. The molecule has 2 heterocycles. The minimum atomic E-state index is -0.326. The number of aromatic nitrogens is 2. The lowest BCUT2D eigenvalue weighted by atomic mass is 9.89. The first kappa shape index (κ1) is 17.6. The second-order valence-corrected chi connectivity index (χ2v) is 8.12. The minimum Gasteiger partial charge on any atom is -0.377 e. The van der Waals surface area contributed by atoms with Crippen LogP contribution in [0, 0.1) is 5.82 Å². The van der Waals surface area contributed by atoms with E-state index in [2.05, 4.69) is 26.1 Å². The van der Waals surface area contributed by atoms with Crippen molar-refractivity contribution in [1.29, 1.82) is 0 Å². The maximum absolute atomic E-state index is 14.5. The molecule has 8 heteroatoms. The van der Waals surface area contributed by atoms with Crippen LogP contribution in [-0.2, 0) is 6.42 Å². The number of halogens is 2. The van der Waals surface area contributed by atoms with E-state index in [1.807, 2.05) is 17.8 Å². The van der Waals surface area contributed by atoms with Crippen LogP contribution in [0.3, 0.4) is 0 Å². The summed E-state index contributed by atoms with van der Waals surface area (Å²) >= 11 is 9.03. The highest BCUT2D eigenvalue weighted by Crippen LogP contribution is 2.37. The van der Waals surface area contributed by atoms with Crippen molar-refractivity contribution in [1.82, 2.24) is 9.97 Å². The molecule has 0 saturated carbocycles. The van der Waals surface area contributed by atoms with Gasteiger partial charge in [0.25, 0.3) is 0 Å². The molecule has 0 bridgehead atoms. The molecule has 3 aromatic rings. The lowest BCUT2D eigenvalue weighted by Crippen LogP contribution is -2.18. The Kier molecular flexibility index (Phi) is 5.28. The average molecular weight is 407 g/mol. The Morgan fingerprint density at radius 1 is 1.31 bits per heavy atom. The molecule has 4 rings (SSSR count). The molecule has 0 spiro atoms. The van der Waals surface area contributed by atoms with Gasteiger partial charge >= 0.3 is 0 Å². The van der Waals surface area contributed by atoms with E-state index < -0.39 is 0 Å². The summed E-state index contributed by atoms with van der Waals surface area (Å²) in [5.41, 5.74) is 3.06. The van der Waals surface area contributed by atoms with Gasteiger partial charge in [0.05, 0.1) is 21.6 Å². The number of fused-ring (bicyclic) bond motifs is 1. The number of hydrogen-bond donors (Lipinski definition) is 2. The predicted octanol–water partition coefficient (Wildman–Crippen LogP) is 5.94. The zero-order chi connectivity index (χ0) is 17.9. The maximum atomic E-state index is 14.5. The van der Waals surface area contributed by atoms with Crippen LogP contribution in [0.2, 0.25) is 5.02 Å². The number of thiazole rings is 1. The van der Waals surface area contributed by atoms with Gasteiger partial charge in [-0.2, -0.15) is 0 Å². The van der Waals surface area contributed by atoms with Crippen LogP contribution < -0.4 is 10.0 Å². The van der Waals surface area contributed by atoms with Gasteiger partial charge in [-0.05, 0) is 60.5 Å². The summed E-state index contributed by atoms with van der Waals surface area (Å²) in [7, 11) is 0. The number of anilines is 2. The highest BCUT2D eigenvalue weighted by atomic mass is 35.5. The molecule has 0 radical (unpaired) electrons. The molecule has 26 heavy (non-hydrogen) atoms. The van der Waals surface area contributed by atoms with Crippen LogP contribution in [0.1, 0.15) is 30.0 Å². The van der Waals surface area contributed by atoms with E-state index in [4.69, 9.17) is 11.6 Å². The molecule has 0 aliphatic heterocycles. The monoisotopic (exact) mass is 406 g/mol. The van der Waals surface area contributed by atoms with Gasteiger partial charge in [0.15, 0.2) is 5.13 Å². The summed E-state index contributed by atoms with van der Waals surface area (Å²) in [6.07, 6.45) is 8.50. The fourth-order valence-electron chi connectivity index (χ4n) is 3.06. The highest BCUT2D eigenvalue weighted by Gasteiger charge is 2.21. The van der Waals surface area contributed by atoms with Crippen molar-refractivity contribution < 1.29 is 4.39 Å². The average Bonchev–Trinajstić information content (AvgIpc) is 3.17. The van der Waals surface area contributed by atoms with Crippen molar-refractivity contribution in [3.63, 3.8) is 0 Å². The van der Waals surface area contributed by atoms with Crippen molar-refractivity contribution in [3.8, 4) is 0 Å². The lowest BCUT2D eigenvalue weighted by Gasteiger charge is -2.27. The van der Waals surface area contributed by atoms with Crippen LogP contribution in [0.5, 0.6) is 0 Å². The first-order valence-electron chi connectivity index (χ1n) is 8.21. The van der Waals surface area contributed by atoms with E-state index in [-0.39, 0.29) is 11.9 Å². The van der Waals surface area contributed by atoms with Crippen LogP contribution in [0.15, 0.2) is 47.1 Å². The van der Waals surface area contributed by atoms with Gasteiger partial charge in [0.2, 0.25) is 0 Å². The van der Waals surface area contributed by atoms with Gasteiger partial charge in [-0.15, -0.1) is 11.3 Å². The second-order valence-electron chi connectivity index (χ2n) is 5.97. The molecule has 0 saturated heterocycles. The Morgan fingerprint density at radius 2 is 2.23 bits per heavy atom. The third-order valence-electron chi connectivity index (χ3n) is 4.29. The van der Waals surface area contributed by atoms with Crippen LogP contribution in [-0.4, -0.2) is 9.97 Å². The third kappa shape index (κ3) is 3.79. The number of aryl methyl sites for hydroxylation is 1. The van der Waals surface area contributed by atoms with Gasteiger partial charge in [0, 0.05) is 24.0 Å². The summed E-state index contributed by atoms with van der Waals surface area (Å²) < 4.78 is 17.5. The van der Waals surface area contributed by atoms with Crippen molar-refractivity contribution in [2.24, 2.45) is 0 Å². The number of hydrogen-bond acceptors (Lipinski definition) is 6. The van der Waals surface area contributed by atoms with Gasteiger partial charge in [-0.3, -0.25) is 4.98 Å². The molecule has 1 atom stereocenters. The molecular formula is C18H16ClFN4S2. The highest BCUT2D eigenvalue weighted by molar-refractivity contribution is 8.00. The van der Waals surface area contributed by atoms with E-state index >= 15 is 0 Å². The van der Waals surface area contributed by atoms with E-state index in [0.29, 0.717) is 15.6 Å². The quantitative estimate of drug-likeness (QED) is 0.513. The molecule has 0 fully saturated rings. The smallest absolute Gasteiger partial charge is 0.192 e. The Bertz CT molecular complexity index is 904. The number of benzene rings is 1. The molecule has 1 aliphatic rings. The molecular weight excluding hydrogens is 391 g/mol. The standard InChI is InChI=1S/C18H16ClFN4S2/c19-13-8-17(26-24-18-22-6-7-25-18)14(20)9-16(13)23-15-3-1-2-11-4-5-21-10-12(11)15/h4-10,15,23H,1-3H2,(H,22,24). The van der Waals surface area contributed by atoms with Gasteiger partial charge < -0.3 is 10.0 Å². The molecule has 1 unspecified atom stereocenters. The predicted molar refractivity (Wildman–Crippen MR) is 107 cm³/mol. The van der Waals surface area contributed by atoms with Crippen molar-refractivity contribution in [3.05, 3.63) is 64.1 Å². The number of rotatable bonds is 5. The van der Waals surface area contributed by atoms with Gasteiger partial charge in [0.1, 0.15) is 5.82 Å². The van der Waals surface area contributed by atoms with Crippen LogP contribution >= 0.6 is 34.9 Å². The first-order chi connectivity index (χ1) is 12.7. The Balaban J connectivity index is 1.52. The SMILES string of the molecule is Fc1cc(NC2CCCc3ccncc32)c(Cl)cc1SNc1nccs1. The minimum absolute atomic E-state index is 0.0938. The molecule has 2 aromatic heterocycles. The zero-order valence-corrected chi connectivity index (χ0v) is 16.1. The summed E-state index contributed by atoms with van der Waals surface area (Å²) in [6, 6.07) is 5.24. The Morgan fingerprint density at radius 3 is 3.08 bits per heavy atom. The van der Waals surface area contributed by atoms with Crippen molar-refractivity contribution in [2.75, 3.05) is 10.0 Å². The van der Waals surface area contributed by atoms with E-state index in [9.17, 15) is 4.39 Å². The van der Waals surface area contributed by atoms with Crippen LogP contribution in [0.4, 0.5) is 15.2 Å². The molecule has 1 aliphatic carbocycles. The lowest BCUT2D eigenvalue weighted by molar-refractivity contribution is 0.590. The summed E-state index contributed by atoms with van der Waals surface area (Å²) in [5.74, 6) is -0.326. The number of nitrogens with one attached hydrogen (secondary N) is 2. The summed E-state index contributed by atoms with van der Waals surface area (Å²) in [4.78, 5) is 8.77. The normalized spacial score (nSPS) is 16.2. The maximum Gasteiger partial charge on any atom is 0.192 e. The largest absolute Gasteiger partial charge is 0.377 e. The van der Waals surface area contributed by atoms with Crippen LogP contribution in [0.25, 0.3) is 0 Å². The fraction of sp³-hybridized carbons (Fsp3) is 0.222. The molecule has 1 aromatic carbocycles. The molecule has 0 amide bonds. The van der Waals surface area contributed by atoms with E-state index in [1.165, 1.54) is 28.5 Å². The van der Waals surface area contributed by atoms with Gasteiger partial charge in [-0.25, -0.2) is 9.37 Å². The molecule has 4 nitrogen and oxygen atoms in total. The van der Waals surface area contributed by atoms with Gasteiger partial charge in [-0.1, -0.05) is 11.6 Å². The number of pyridine rings is 1. The Hall–Kier alpha value is -1.83. The zero-order valence-electron chi connectivity index (χ0n) is 13.7.